The minimum Gasteiger partial charge on any atom is -0.497 e. The highest BCUT2D eigenvalue weighted by Gasteiger charge is 2.12. The molecule has 0 fully saturated rings. The summed E-state index contributed by atoms with van der Waals surface area (Å²) < 4.78 is 7.18. The van der Waals surface area contributed by atoms with E-state index in [0.29, 0.717) is 53.9 Å². The Morgan fingerprint density at radius 1 is 1.19 bits per heavy atom. The first-order valence-electron chi connectivity index (χ1n) is 10.1. The summed E-state index contributed by atoms with van der Waals surface area (Å²) >= 11 is 5.43. The summed E-state index contributed by atoms with van der Waals surface area (Å²) in [6, 6.07) is 11.2. The number of nitrogens with one attached hydrogen (secondary N) is 3. The van der Waals surface area contributed by atoms with Crippen LogP contribution in [0.15, 0.2) is 47.4 Å². The van der Waals surface area contributed by atoms with Gasteiger partial charge in [-0.15, -0.1) is 0 Å². The van der Waals surface area contributed by atoms with Gasteiger partial charge >= 0.3 is 0 Å². The van der Waals surface area contributed by atoms with Crippen LogP contribution in [0.2, 0.25) is 0 Å². The van der Waals surface area contributed by atoms with Crippen molar-refractivity contribution in [1.29, 1.82) is 0 Å². The van der Waals surface area contributed by atoms with Gasteiger partial charge in [-0.25, -0.2) is 0 Å². The van der Waals surface area contributed by atoms with Crippen LogP contribution >= 0.6 is 12.2 Å². The van der Waals surface area contributed by atoms with Gasteiger partial charge in [0.05, 0.1) is 24.9 Å². The van der Waals surface area contributed by atoms with E-state index in [0.717, 1.165) is 16.6 Å². The average Bonchev–Trinajstić information content (AvgIpc) is 3.15. The molecule has 0 aliphatic heterocycles. The van der Waals surface area contributed by atoms with Crippen LogP contribution in [0.25, 0.3) is 21.9 Å². The largest absolute Gasteiger partial charge is 0.497 e. The van der Waals surface area contributed by atoms with Gasteiger partial charge in [0.2, 0.25) is 5.91 Å². The molecule has 3 heterocycles. The number of carbonyl (C=O) groups is 1. The van der Waals surface area contributed by atoms with Gasteiger partial charge in [-0.1, -0.05) is 6.07 Å². The van der Waals surface area contributed by atoms with Gasteiger partial charge in [0.1, 0.15) is 11.3 Å². The Hall–Kier alpha value is -3.46. The molecule has 1 aromatic carbocycles. The molecule has 0 saturated heterocycles. The van der Waals surface area contributed by atoms with E-state index in [1.54, 1.807) is 13.3 Å². The molecule has 0 saturated carbocycles. The van der Waals surface area contributed by atoms with Crippen LogP contribution in [0.1, 0.15) is 25.0 Å². The summed E-state index contributed by atoms with van der Waals surface area (Å²) in [5.41, 5.74) is 2.63. The van der Waals surface area contributed by atoms with E-state index in [-0.39, 0.29) is 11.5 Å². The van der Waals surface area contributed by atoms with E-state index in [9.17, 15) is 9.59 Å². The van der Waals surface area contributed by atoms with Crippen molar-refractivity contribution in [1.82, 2.24) is 24.8 Å². The maximum absolute atomic E-state index is 13.0. The van der Waals surface area contributed by atoms with Gasteiger partial charge in [0, 0.05) is 30.1 Å². The lowest BCUT2D eigenvalue weighted by atomic mass is 10.2. The highest BCUT2D eigenvalue weighted by Crippen LogP contribution is 2.25. The van der Waals surface area contributed by atoms with Crippen LogP contribution < -0.4 is 15.6 Å². The normalized spacial score (nSPS) is 11.1. The SMILES string of the molecule is COc1ccc2[nH]c3c(=O)n(CCCCC(=O)NCc4ccccn4)c(=S)[nH]c3c2c1. The number of aromatic nitrogens is 4. The predicted molar refractivity (Wildman–Crippen MR) is 122 cm³/mol. The smallest absolute Gasteiger partial charge is 0.278 e. The summed E-state index contributed by atoms with van der Waals surface area (Å²) in [7, 11) is 1.60. The van der Waals surface area contributed by atoms with E-state index in [1.165, 1.54) is 4.57 Å². The Balaban J connectivity index is 1.40. The Morgan fingerprint density at radius 3 is 2.84 bits per heavy atom. The van der Waals surface area contributed by atoms with Crippen molar-refractivity contribution >= 4 is 40.1 Å². The highest BCUT2D eigenvalue weighted by atomic mass is 32.1. The van der Waals surface area contributed by atoms with Crippen LogP contribution in [0, 0.1) is 4.77 Å². The number of carbonyl (C=O) groups excluding carboxylic acids is 1. The van der Waals surface area contributed by atoms with E-state index in [4.69, 9.17) is 17.0 Å². The van der Waals surface area contributed by atoms with E-state index in [1.807, 2.05) is 36.4 Å². The van der Waals surface area contributed by atoms with Gasteiger partial charge in [-0.3, -0.25) is 19.1 Å². The van der Waals surface area contributed by atoms with Crippen LogP contribution in [0.5, 0.6) is 5.75 Å². The lowest BCUT2D eigenvalue weighted by Crippen LogP contribution is -2.24. The number of rotatable bonds is 8. The molecule has 0 atom stereocenters. The quantitative estimate of drug-likeness (QED) is 0.289. The van der Waals surface area contributed by atoms with Crippen LogP contribution in [0.3, 0.4) is 0 Å². The van der Waals surface area contributed by atoms with Gasteiger partial charge in [-0.2, -0.15) is 0 Å². The fourth-order valence-corrected chi connectivity index (χ4v) is 3.80. The molecule has 160 valence electrons. The standard InChI is InChI=1S/C22H23N5O3S/c1-30-15-8-9-17-16(12-15)19-20(25-17)21(29)27(22(31)26-19)11-5-3-7-18(28)24-13-14-6-2-4-10-23-14/h2,4,6,8-10,12,25H,3,5,7,11,13H2,1H3,(H,24,28)(H,26,31). The minimum absolute atomic E-state index is 0.0387. The van der Waals surface area contributed by atoms with Gasteiger partial charge < -0.3 is 20.0 Å². The number of amides is 1. The monoisotopic (exact) mass is 437 g/mol. The number of benzene rings is 1. The van der Waals surface area contributed by atoms with Gasteiger partial charge in [-0.05, 0) is 55.4 Å². The lowest BCUT2D eigenvalue weighted by molar-refractivity contribution is -0.121. The fraction of sp³-hybridized carbons (Fsp3) is 0.273. The zero-order chi connectivity index (χ0) is 21.8. The molecule has 3 N–H and O–H groups in total. The number of nitrogens with zero attached hydrogens (tertiary/aromatic N) is 2. The van der Waals surface area contributed by atoms with Gasteiger partial charge in [0.25, 0.3) is 5.56 Å². The first-order chi connectivity index (χ1) is 15.1. The average molecular weight is 438 g/mol. The molecule has 0 unspecified atom stereocenters. The van der Waals surface area contributed by atoms with E-state index >= 15 is 0 Å². The Morgan fingerprint density at radius 2 is 2.06 bits per heavy atom. The topological polar surface area (TPSA) is 105 Å². The molecule has 0 spiro atoms. The number of hydrogen-bond acceptors (Lipinski definition) is 5. The first-order valence-corrected chi connectivity index (χ1v) is 10.5. The second-order valence-electron chi connectivity index (χ2n) is 7.23. The van der Waals surface area contributed by atoms with Crippen molar-refractivity contribution in [2.45, 2.75) is 32.4 Å². The molecule has 0 aliphatic carbocycles. The second kappa shape index (κ2) is 9.13. The molecule has 0 bridgehead atoms. The van der Waals surface area contributed by atoms with E-state index < -0.39 is 0 Å². The zero-order valence-electron chi connectivity index (χ0n) is 17.1. The molecule has 3 aromatic heterocycles. The molecule has 0 aliphatic rings. The third-order valence-electron chi connectivity index (χ3n) is 5.17. The number of fused-ring (bicyclic) bond motifs is 3. The molecule has 4 aromatic rings. The minimum atomic E-state index is -0.173. The van der Waals surface area contributed by atoms with Crippen molar-refractivity contribution in [3.05, 3.63) is 63.4 Å². The lowest BCUT2D eigenvalue weighted by Gasteiger charge is -2.07. The number of ether oxygens (including phenoxy) is 1. The Kier molecular flexibility index (Phi) is 6.13. The molecular weight excluding hydrogens is 414 g/mol. The summed E-state index contributed by atoms with van der Waals surface area (Å²) in [4.78, 5) is 35.5. The Labute approximate surface area is 183 Å². The van der Waals surface area contributed by atoms with Crippen molar-refractivity contribution in [2.75, 3.05) is 7.11 Å². The first kappa shape index (κ1) is 20.8. The molecule has 8 nitrogen and oxygen atoms in total. The maximum atomic E-state index is 13.0. The van der Waals surface area contributed by atoms with Gasteiger partial charge in [0.15, 0.2) is 4.77 Å². The van der Waals surface area contributed by atoms with Crippen molar-refractivity contribution in [3.8, 4) is 5.75 Å². The number of unbranched alkanes of at least 4 members (excludes halogenated alkanes) is 1. The summed E-state index contributed by atoms with van der Waals surface area (Å²) in [6.45, 7) is 0.850. The van der Waals surface area contributed by atoms with Crippen LogP contribution in [-0.2, 0) is 17.9 Å². The molecule has 9 heteroatoms. The molecule has 4 rings (SSSR count). The number of H-pyrrole nitrogens is 2. The maximum Gasteiger partial charge on any atom is 0.278 e. The van der Waals surface area contributed by atoms with Crippen molar-refractivity contribution in [2.24, 2.45) is 0 Å². The number of methoxy groups -OCH3 is 1. The van der Waals surface area contributed by atoms with Crippen LogP contribution in [0.4, 0.5) is 0 Å². The van der Waals surface area contributed by atoms with Crippen molar-refractivity contribution in [3.63, 3.8) is 0 Å². The predicted octanol–water partition coefficient (Wildman–Crippen LogP) is 3.43. The second-order valence-corrected chi connectivity index (χ2v) is 7.62. The number of pyridine rings is 1. The Bertz CT molecular complexity index is 1340. The van der Waals surface area contributed by atoms with Crippen molar-refractivity contribution < 1.29 is 9.53 Å². The molecule has 31 heavy (non-hydrogen) atoms. The third-order valence-corrected chi connectivity index (χ3v) is 5.49. The number of hydrogen-bond donors (Lipinski definition) is 3. The fourth-order valence-electron chi connectivity index (χ4n) is 3.53. The summed E-state index contributed by atoms with van der Waals surface area (Å²) in [5.74, 6) is 0.668. The summed E-state index contributed by atoms with van der Waals surface area (Å²) in [6.07, 6.45) is 3.39. The summed E-state index contributed by atoms with van der Waals surface area (Å²) in [5, 5.41) is 3.71. The number of aromatic amines is 2. The molecule has 0 radical (unpaired) electrons. The van der Waals surface area contributed by atoms with Crippen LogP contribution in [-0.4, -0.2) is 32.5 Å². The highest BCUT2D eigenvalue weighted by molar-refractivity contribution is 7.71. The zero-order valence-corrected chi connectivity index (χ0v) is 17.9. The van der Waals surface area contributed by atoms with E-state index in [2.05, 4.69) is 20.3 Å². The molecule has 1 amide bonds. The molecular formula is C22H23N5O3S. The third kappa shape index (κ3) is 4.51.